The van der Waals surface area contributed by atoms with Crippen LogP contribution in [0.2, 0.25) is 0 Å². The van der Waals surface area contributed by atoms with E-state index in [-0.39, 0.29) is 6.29 Å². The van der Waals surface area contributed by atoms with Crippen LogP contribution < -0.4 is 9.47 Å². The standard InChI is InChI=1S/C32H34O3/c1-4-24(2)28-17-11-18-29(23-28)35-25(3)33-21-22-34-32-30(26-13-7-5-8-14-26)19-12-20-31(32)27-15-9-6-10-16-27/h5-20,23-25H,4,21-22H2,1-3H3. The van der Waals surface area contributed by atoms with Gasteiger partial charge in [-0.3, -0.25) is 0 Å². The maximum Gasteiger partial charge on any atom is 0.197 e. The maximum absolute atomic E-state index is 6.36. The Bertz CT molecular complexity index is 1130. The van der Waals surface area contributed by atoms with Crippen LogP contribution in [-0.4, -0.2) is 19.5 Å². The molecule has 0 spiro atoms. The monoisotopic (exact) mass is 466 g/mol. The first-order chi connectivity index (χ1) is 17.2. The molecule has 3 heteroatoms. The molecule has 0 N–H and O–H groups in total. The van der Waals surface area contributed by atoms with E-state index in [4.69, 9.17) is 14.2 Å². The van der Waals surface area contributed by atoms with Crippen molar-refractivity contribution in [2.24, 2.45) is 0 Å². The van der Waals surface area contributed by atoms with E-state index < -0.39 is 0 Å². The van der Waals surface area contributed by atoms with Crippen LogP contribution in [0.25, 0.3) is 22.3 Å². The van der Waals surface area contributed by atoms with Crippen molar-refractivity contribution in [1.29, 1.82) is 0 Å². The van der Waals surface area contributed by atoms with Crippen molar-refractivity contribution in [2.75, 3.05) is 13.2 Å². The molecule has 4 aromatic rings. The van der Waals surface area contributed by atoms with Gasteiger partial charge in [-0.15, -0.1) is 0 Å². The first kappa shape index (κ1) is 24.6. The summed E-state index contributed by atoms with van der Waals surface area (Å²) in [7, 11) is 0. The Labute approximate surface area is 209 Å². The highest BCUT2D eigenvalue weighted by molar-refractivity contribution is 5.82. The first-order valence-corrected chi connectivity index (χ1v) is 12.4. The number of para-hydroxylation sites is 1. The zero-order chi connectivity index (χ0) is 24.5. The second-order valence-electron chi connectivity index (χ2n) is 8.70. The van der Waals surface area contributed by atoms with E-state index in [0.717, 1.165) is 40.2 Å². The summed E-state index contributed by atoms with van der Waals surface area (Å²) in [4.78, 5) is 0. The molecule has 4 rings (SSSR count). The normalized spacial score (nSPS) is 12.7. The lowest BCUT2D eigenvalue weighted by molar-refractivity contribution is -0.0738. The molecule has 0 bridgehead atoms. The van der Waals surface area contributed by atoms with E-state index in [2.05, 4.69) is 68.4 Å². The molecular formula is C32H34O3. The SMILES string of the molecule is CCC(C)c1cccc(OC(C)OCCOc2c(-c3ccccc3)cccc2-c2ccccc2)c1. The lowest BCUT2D eigenvalue weighted by atomic mass is 9.97. The smallest absolute Gasteiger partial charge is 0.197 e. The molecule has 0 aromatic heterocycles. The molecule has 0 radical (unpaired) electrons. The summed E-state index contributed by atoms with van der Waals surface area (Å²) in [6, 6.07) is 35.2. The van der Waals surface area contributed by atoms with Gasteiger partial charge in [-0.2, -0.15) is 0 Å². The van der Waals surface area contributed by atoms with Gasteiger partial charge in [-0.25, -0.2) is 0 Å². The molecule has 180 valence electrons. The van der Waals surface area contributed by atoms with Crippen LogP contribution in [0.3, 0.4) is 0 Å². The van der Waals surface area contributed by atoms with E-state index in [1.165, 1.54) is 5.56 Å². The Morgan fingerprint density at radius 1 is 0.657 bits per heavy atom. The molecule has 4 aromatic carbocycles. The van der Waals surface area contributed by atoms with Crippen LogP contribution in [0.15, 0.2) is 103 Å². The molecule has 3 nitrogen and oxygen atoms in total. The van der Waals surface area contributed by atoms with Gasteiger partial charge in [0.15, 0.2) is 6.29 Å². The summed E-state index contributed by atoms with van der Waals surface area (Å²) in [5, 5.41) is 0. The molecule has 0 fully saturated rings. The average Bonchev–Trinajstić information content (AvgIpc) is 2.91. The van der Waals surface area contributed by atoms with E-state index in [9.17, 15) is 0 Å². The summed E-state index contributed by atoms with van der Waals surface area (Å²) in [6.07, 6.45) is 0.728. The first-order valence-electron chi connectivity index (χ1n) is 12.4. The van der Waals surface area contributed by atoms with Crippen LogP contribution in [0.5, 0.6) is 11.5 Å². The Hall–Kier alpha value is -3.56. The second kappa shape index (κ2) is 12.2. The lowest BCUT2D eigenvalue weighted by Gasteiger charge is -2.19. The van der Waals surface area contributed by atoms with Crippen molar-refractivity contribution in [3.63, 3.8) is 0 Å². The van der Waals surface area contributed by atoms with Crippen molar-refractivity contribution < 1.29 is 14.2 Å². The molecule has 0 aliphatic rings. The van der Waals surface area contributed by atoms with Crippen molar-refractivity contribution >= 4 is 0 Å². The summed E-state index contributed by atoms with van der Waals surface area (Å²) in [6.45, 7) is 7.19. The zero-order valence-corrected chi connectivity index (χ0v) is 20.8. The number of ether oxygens (including phenoxy) is 3. The minimum atomic E-state index is -0.372. The molecule has 0 aliphatic carbocycles. The molecule has 35 heavy (non-hydrogen) atoms. The minimum Gasteiger partial charge on any atom is -0.490 e. The molecule has 0 aliphatic heterocycles. The fourth-order valence-corrected chi connectivity index (χ4v) is 4.10. The average molecular weight is 467 g/mol. The summed E-state index contributed by atoms with van der Waals surface area (Å²) in [5.41, 5.74) is 5.67. The molecule has 0 saturated heterocycles. The third-order valence-corrected chi connectivity index (χ3v) is 6.21. The highest BCUT2D eigenvalue weighted by Crippen LogP contribution is 2.39. The molecule has 0 amide bonds. The van der Waals surface area contributed by atoms with Crippen LogP contribution >= 0.6 is 0 Å². The van der Waals surface area contributed by atoms with Crippen molar-refractivity contribution in [3.05, 3.63) is 109 Å². The van der Waals surface area contributed by atoms with Gasteiger partial charge in [-0.1, -0.05) is 105 Å². The van der Waals surface area contributed by atoms with Gasteiger partial charge in [0.2, 0.25) is 0 Å². The van der Waals surface area contributed by atoms with Gasteiger partial charge in [0.25, 0.3) is 0 Å². The number of benzene rings is 4. The minimum absolute atomic E-state index is 0.372. The molecular weight excluding hydrogens is 432 g/mol. The van der Waals surface area contributed by atoms with Crippen molar-refractivity contribution in [1.82, 2.24) is 0 Å². The van der Waals surface area contributed by atoms with Crippen molar-refractivity contribution in [3.8, 4) is 33.8 Å². The van der Waals surface area contributed by atoms with E-state index >= 15 is 0 Å². The van der Waals surface area contributed by atoms with E-state index in [1.54, 1.807) is 0 Å². The fraction of sp³-hybridized carbons (Fsp3) is 0.250. The predicted molar refractivity (Wildman–Crippen MR) is 144 cm³/mol. The van der Waals surface area contributed by atoms with Gasteiger partial charge in [0, 0.05) is 11.1 Å². The number of rotatable bonds is 11. The second-order valence-corrected chi connectivity index (χ2v) is 8.70. The van der Waals surface area contributed by atoms with Crippen LogP contribution in [0, 0.1) is 0 Å². The Morgan fingerprint density at radius 2 is 1.26 bits per heavy atom. The van der Waals surface area contributed by atoms with Gasteiger partial charge in [-0.05, 0) is 48.1 Å². The topological polar surface area (TPSA) is 27.7 Å². The van der Waals surface area contributed by atoms with Gasteiger partial charge >= 0.3 is 0 Å². The summed E-state index contributed by atoms with van der Waals surface area (Å²) in [5.74, 6) is 2.20. The third-order valence-electron chi connectivity index (χ3n) is 6.21. The fourth-order valence-electron chi connectivity index (χ4n) is 4.10. The van der Waals surface area contributed by atoms with E-state index in [0.29, 0.717) is 19.1 Å². The largest absolute Gasteiger partial charge is 0.490 e. The van der Waals surface area contributed by atoms with Gasteiger partial charge in [0.1, 0.15) is 18.1 Å². The Morgan fingerprint density at radius 3 is 1.86 bits per heavy atom. The predicted octanol–water partition coefficient (Wildman–Crippen LogP) is 8.35. The molecule has 2 unspecified atom stereocenters. The molecule has 0 heterocycles. The number of hydrogen-bond acceptors (Lipinski definition) is 3. The summed E-state index contributed by atoms with van der Waals surface area (Å²) >= 11 is 0. The molecule has 2 atom stereocenters. The van der Waals surface area contributed by atoms with Crippen LogP contribution in [0.4, 0.5) is 0 Å². The summed E-state index contributed by atoms with van der Waals surface area (Å²) < 4.78 is 18.3. The number of hydrogen-bond donors (Lipinski definition) is 0. The van der Waals surface area contributed by atoms with Gasteiger partial charge in [0.05, 0.1) is 6.61 Å². The molecule has 0 saturated carbocycles. The Kier molecular flexibility index (Phi) is 8.58. The zero-order valence-electron chi connectivity index (χ0n) is 20.8. The quantitative estimate of drug-likeness (QED) is 0.164. The van der Waals surface area contributed by atoms with E-state index in [1.807, 2.05) is 55.5 Å². The van der Waals surface area contributed by atoms with Crippen molar-refractivity contribution in [2.45, 2.75) is 39.4 Å². The Balaban J connectivity index is 1.43. The maximum atomic E-state index is 6.36. The van der Waals surface area contributed by atoms with Gasteiger partial charge < -0.3 is 14.2 Å². The van der Waals surface area contributed by atoms with Crippen LogP contribution in [0.1, 0.15) is 38.7 Å². The highest BCUT2D eigenvalue weighted by atomic mass is 16.7. The highest BCUT2D eigenvalue weighted by Gasteiger charge is 2.14. The third kappa shape index (κ3) is 6.52. The van der Waals surface area contributed by atoms with Crippen LogP contribution in [-0.2, 0) is 4.74 Å². The lowest BCUT2D eigenvalue weighted by Crippen LogP contribution is -2.20.